The van der Waals surface area contributed by atoms with Gasteiger partial charge in [-0.05, 0) is 66.7 Å². The van der Waals surface area contributed by atoms with Gasteiger partial charge in [-0.15, -0.1) is 0 Å². The van der Waals surface area contributed by atoms with Gasteiger partial charge in [-0.1, -0.05) is 44.3 Å². The maximum atomic E-state index is 13.0. The predicted octanol–water partition coefficient (Wildman–Crippen LogP) is 6.36. The van der Waals surface area contributed by atoms with Gasteiger partial charge in [0, 0.05) is 50.8 Å². The highest BCUT2D eigenvalue weighted by atomic mass is 32.2. The number of aromatic hydroxyl groups is 1. The third-order valence-corrected chi connectivity index (χ3v) is 9.35. The molecule has 11 nitrogen and oxygen atoms in total. The van der Waals surface area contributed by atoms with Crippen LogP contribution in [0.15, 0.2) is 99.9 Å². The molecule has 5 N–H and O–H groups in total. The molecule has 2 aliphatic heterocycles. The highest BCUT2D eigenvalue weighted by molar-refractivity contribution is 8.00. The first kappa shape index (κ1) is 30.4. The quantitative estimate of drug-likeness (QED) is 0.157. The molecule has 4 aromatic rings. The molecule has 1 unspecified atom stereocenters. The van der Waals surface area contributed by atoms with Gasteiger partial charge >= 0.3 is 12.1 Å². The third kappa shape index (κ3) is 6.60. The average molecular weight is 644 g/mol. The molecule has 0 saturated heterocycles. The van der Waals surface area contributed by atoms with E-state index in [4.69, 9.17) is 10.2 Å². The number of anilines is 3. The van der Waals surface area contributed by atoms with E-state index in [1.165, 1.54) is 0 Å². The lowest BCUT2D eigenvalue weighted by molar-refractivity contribution is 0.210. The van der Waals surface area contributed by atoms with Crippen molar-refractivity contribution in [2.75, 3.05) is 28.7 Å². The number of hydrogen-bond donors (Lipinski definition) is 5. The van der Waals surface area contributed by atoms with Crippen molar-refractivity contribution in [1.29, 1.82) is 0 Å². The van der Waals surface area contributed by atoms with Crippen LogP contribution < -0.4 is 20.9 Å². The highest BCUT2D eigenvalue weighted by Crippen LogP contribution is 2.49. The van der Waals surface area contributed by atoms with Gasteiger partial charge in [0.05, 0.1) is 23.7 Å². The van der Waals surface area contributed by atoms with Crippen LogP contribution in [0.2, 0.25) is 0 Å². The zero-order chi connectivity index (χ0) is 31.7. The van der Waals surface area contributed by atoms with Gasteiger partial charge < -0.3 is 25.7 Å². The van der Waals surface area contributed by atoms with Gasteiger partial charge in [0.2, 0.25) is 0 Å². The van der Waals surface area contributed by atoms with Crippen molar-refractivity contribution in [3.05, 3.63) is 90.9 Å². The van der Waals surface area contributed by atoms with Gasteiger partial charge in [-0.3, -0.25) is 10.2 Å². The Bertz CT molecular complexity index is 1750. The number of aliphatic hydroxyl groups is 1. The fourth-order valence-corrected chi connectivity index (χ4v) is 6.87. The zero-order valence-electron chi connectivity index (χ0n) is 24.9. The molecule has 0 saturated carbocycles. The first-order chi connectivity index (χ1) is 21.6. The number of fused-ring (bicyclic) bond motifs is 3. The molecule has 0 fully saturated rings. The summed E-state index contributed by atoms with van der Waals surface area (Å²) in [5.74, 6) is 0.658. The van der Waals surface area contributed by atoms with E-state index in [1.807, 2.05) is 36.5 Å². The minimum absolute atomic E-state index is 0.108. The molecule has 0 spiro atoms. The molecule has 0 radical (unpaired) electrons. The molecule has 3 aromatic carbocycles. The molecule has 0 bridgehead atoms. The van der Waals surface area contributed by atoms with Crippen molar-refractivity contribution >= 4 is 52.8 Å². The van der Waals surface area contributed by atoms with Crippen molar-refractivity contribution in [3.63, 3.8) is 0 Å². The molecule has 232 valence electrons. The Kier molecular flexibility index (Phi) is 8.40. The number of amides is 4. The molecule has 0 aliphatic carbocycles. The van der Waals surface area contributed by atoms with E-state index in [0.717, 1.165) is 26.1 Å². The van der Waals surface area contributed by atoms with Gasteiger partial charge in [0.1, 0.15) is 11.6 Å². The van der Waals surface area contributed by atoms with Gasteiger partial charge in [0.25, 0.3) is 0 Å². The number of carbonyl (C=O) groups is 2. The summed E-state index contributed by atoms with van der Waals surface area (Å²) < 4.78 is 1.65. The smallest absolute Gasteiger partial charge is 0.324 e. The summed E-state index contributed by atoms with van der Waals surface area (Å²) in [7, 11) is 0. The summed E-state index contributed by atoms with van der Waals surface area (Å²) in [5.41, 5.74) is 2.76. The number of benzene rings is 3. The number of nitrogens with zero attached hydrogens (tertiary/aromatic N) is 4. The lowest BCUT2D eigenvalue weighted by atomic mass is 9.92. The van der Waals surface area contributed by atoms with Crippen LogP contribution in [0, 0.1) is 0 Å². The number of urea groups is 2. The normalized spacial score (nSPS) is 15.2. The van der Waals surface area contributed by atoms with Crippen LogP contribution in [-0.4, -0.2) is 55.6 Å². The van der Waals surface area contributed by atoms with E-state index in [1.54, 1.807) is 63.6 Å². The number of thioether (sulfide) groups is 1. The number of aliphatic hydroxyl groups excluding tert-OH is 1. The number of carbonyl (C=O) groups excluding carboxylic acids is 2. The Balaban J connectivity index is 1.10. The van der Waals surface area contributed by atoms with Crippen molar-refractivity contribution in [2.24, 2.45) is 0 Å². The fraction of sp³-hybridized carbons (Fsp3) is 0.219. The number of nitrogens with one attached hydrogen (secondary N) is 3. The first-order valence-corrected chi connectivity index (χ1v) is 16.0. The van der Waals surface area contributed by atoms with Crippen LogP contribution in [0.3, 0.4) is 0 Å². The second-order valence-electron chi connectivity index (χ2n) is 11.4. The van der Waals surface area contributed by atoms with Crippen LogP contribution in [-0.2, 0) is 5.41 Å². The second kappa shape index (κ2) is 12.4. The Labute approximate surface area is 269 Å². The Morgan fingerprint density at radius 2 is 1.69 bits per heavy atom. The lowest BCUT2D eigenvalue weighted by Gasteiger charge is -2.24. The third-order valence-electron chi connectivity index (χ3n) is 7.09. The lowest BCUT2D eigenvalue weighted by Crippen LogP contribution is -2.43. The molecular weight excluding hydrogens is 611 g/mol. The summed E-state index contributed by atoms with van der Waals surface area (Å²) in [5, 5.41) is 31.9. The molecule has 1 aromatic heterocycles. The van der Waals surface area contributed by atoms with E-state index in [9.17, 15) is 14.7 Å². The number of aromatic nitrogens is 2. The van der Waals surface area contributed by atoms with Gasteiger partial charge in [-0.2, -0.15) is 5.10 Å². The fourth-order valence-electron chi connectivity index (χ4n) is 4.78. The molecule has 45 heavy (non-hydrogen) atoms. The predicted molar refractivity (Wildman–Crippen MR) is 177 cm³/mol. The molecule has 2 aliphatic rings. The van der Waals surface area contributed by atoms with Gasteiger partial charge in [-0.25, -0.2) is 14.3 Å². The summed E-state index contributed by atoms with van der Waals surface area (Å²) >= 11 is 3.20. The largest absolute Gasteiger partial charge is 0.508 e. The Morgan fingerprint density at radius 1 is 0.956 bits per heavy atom. The first-order valence-electron chi connectivity index (χ1n) is 14.3. The van der Waals surface area contributed by atoms with Crippen LogP contribution >= 0.6 is 23.5 Å². The monoisotopic (exact) mass is 643 g/mol. The summed E-state index contributed by atoms with van der Waals surface area (Å²) in [4.78, 5) is 32.3. The van der Waals surface area contributed by atoms with E-state index >= 15 is 0 Å². The summed E-state index contributed by atoms with van der Waals surface area (Å²) in [6, 6.07) is 21.7. The Hall–Kier alpha value is -4.59. The number of rotatable bonds is 7. The molecular formula is C32H33N7O4S2. The van der Waals surface area contributed by atoms with E-state index in [0.29, 0.717) is 17.2 Å². The van der Waals surface area contributed by atoms with Crippen LogP contribution in [0.1, 0.15) is 26.5 Å². The van der Waals surface area contributed by atoms with E-state index in [2.05, 4.69) is 59.8 Å². The van der Waals surface area contributed by atoms with Crippen molar-refractivity contribution in [1.82, 2.24) is 20.0 Å². The van der Waals surface area contributed by atoms with Crippen LogP contribution in [0.25, 0.3) is 5.69 Å². The van der Waals surface area contributed by atoms with E-state index < -0.39 is 6.03 Å². The average Bonchev–Trinajstić information content (AvgIpc) is 3.71. The maximum Gasteiger partial charge on any atom is 0.324 e. The zero-order valence-corrected chi connectivity index (χ0v) is 26.5. The maximum absolute atomic E-state index is 13.0. The second-order valence-corrected chi connectivity index (χ2v) is 13.7. The minimum atomic E-state index is -0.403. The van der Waals surface area contributed by atoms with Crippen molar-refractivity contribution in [3.8, 4) is 11.4 Å². The van der Waals surface area contributed by atoms with Crippen molar-refractivity contribution in [2.45, 2.75) is 46.4 Å². The topological polar surface area (TPSA) is 135 Å². The minimum Gasteiger partial charge on any atom is -0.508 e. The van der Waals surface area contributed by atoms with Gasteiger partial charge in [0.15, 0.2) is 5.50 Å². The number of hydrogen-bond acceptors (Lipinski definition) is 8. The standard InChI is InChI=1S/C32H33N7O4S2/c1-32(2,3)27-19-28(39(36-27)21-6-8-22(41)9-7-21)35-29(42)34-20-4-10-23(11-5-20)44-24-12-13-26-25(18-24)37-15-16-38(31(37)45-26)30(43)33-14-17-40/h4-13,15-16,18-19,31,40-41H,14,17H2,1-3H3,(H,33,43)(H2,34,35,42). The summed E-state index contributed by atoms with van der Waals surface area (Å²) in [6.45, 7) is 6.26. The number of phenols is 1. The van der Waals surface area contributed by atoms with E-state index in [-0.39, 0.29) is 35.8 Å². The van der Waals surface area contributed by atoms with Crippen LogP contribution in [0.4, 0.5) is 26.8 Å². The van der Waals surface area contributed by atoms with Crippen LogP contribution in [0.5, 0.6) is 5.75 Å². The summed E-state index contributed by atoms with van der Waals surface area (Å²) in [6.07, 6.45) is 3.64. The SMILES string of the molecule is CC(C)(C)c1cc(NC(=O)Nc2ccc(Sc3ccc4c(c3)N3C=CN(C(=O)NCCO)C3S4)cc2)n(-c2ccc(O)cc2)n1. The van der Waals surface area contributed by atoms with Crippen molar-refractivity contribution < 1.29 is 19.8 Å². The molecule has 1 atom stereocenters. The number of phenolic OH excluding ortho intramolecular Hbond substituents is 1. The molecule has 6 rings (SSSR count). The molecule has 13 heteroatoms. The Morgan fingerprint density at radius 3 is 2.40 bits per heavy atom. The highest BCUT2D eigenvalue weighted by Gasteiger charge is 2.39. The molecule has 4 amide bonds. The molecule has 3 heterocycles.